The fourth-order valence-corrected chi connectivity index (χ4v) is 3.43. The van der Waals surface area contributed by atoms with E-state index < -0.39 is 0 Å². The summed E-state index contributed by atoms with van der Waals surface area (Å²) < 4.78 is 5.36. The first-order chi connectivity index (χ1) is 10.1. The maximum atomic E-state index is 6.12. The highest BCUT2D eigenvalue weighted by molar-refractivity contribution is 5.37. The van der Waals surface area contributed by atoms with Gasteiger partial charge in [-0.1, -0.05) is 12.1 Å². The first-order valence-electron chi connectivity index (χ1n) is 7.85. The predicted octanol–water partition coefficient (Wildman–Crippen LogP) is 2.03. The van der Waals surface area contributed by atoms with Crippen LogP contribution < -0.4 is 10.5 Å². The van der Waals surface area contributed by atoms with Crippen LogP contribution in [0, 0.1) is 6.92 Å². The predicted molar refractivity (Wildman–Crippen MR) is 87.8 cm³/mol. The molecule has 0 saturated carbocycles. The molecule has 2 unspecified atom stereocenters. The molecule has 0 aliphatic carbocycles. The van der Waals surface area contributed by atoms with Gasteiger partial charge in [-0.05, 0) is 51.1 Å². The minimum absolute atomic E-state index is 0.288. The monoisotopic (exact) mass is 291 g/mol. The van der Waals surface area contributed by atoms with E-state index in [1.807, 2.05) is 0 Å². The lowest BCUT2D eigenvalue weighted by Gasteiger charge is -2.35. The number of likely N-dealkylation sites (N-methyl/N-ethyl adjacent to an activating group) is 1. The van der Waals surface area contributed by atoms with Crippen molar-refractivity contribution in [2.75, 3.05) is 40.3 Å². The Morgan fingerprint density at radius 1 is 1.38 bits per heavy atom. The van der Waals surface area contributed by atoms with E-state index in [1.165, 1.54) is 24.1 Å². The highest BCUT2D eigenvalue weighted by Crippen LogP contribution is 2.28. The van der Waals surface area contributed by atoms with Crippen molar-refractivity contribution in [1.82, 2.24) is 9.80 Å². The minimum atomic E-state index is 0.288. The van der Waals surface area contributed by atoms with E-state index in [0.29, 0.717) is 12.6 Å². The summed E-state index contributed by atoms with van der Waals surface area (Å²) in [6.07, 6.45) is 1.20. The number of benzene rings is 1. The van der Waals surface area contributed by atoms with E-state index in [0.717, 1.165) is 18.8 Å². The van der Waals surface area contributed by atoms with E-state index in [1.54, 1.807) is 7.11 Å². The molecule has 4 heteroatoms. The summed E-state index contributed by atoms with van der Waals surface area (Å²) >= 11 is 0. The summed E-state index contributed by atoms with van der Waals surface area (Å²) in [5.41, 5.74) is 8.59. The number of hydrogen-bond acceptors (Lipinski definition) is 4. The fourth-order valence-electron chi connectivity index (χ4n) is 3.43. The van der Waals surface area contributed by atoms with Gasteiger partial charge in [0.25, 0.3) is 0 Å². The first kappa shape index (κ1) is 16.3. The molecule has 0 radical (unpaired) electrons. The topological polar surface area (TPSA) is 41.7 Å². The third-order valence-corrected chi connectivity index (χ3v) is 4.53. The summed E-state index contributed by atoms with van der Waals surface area (Å²) in [5, 5.41) is 0. The standard InChI is InChI=1S/C17H29N3O/c1-13-10-15(6-7-17(13)21-4)16(11-18)20-9-5-8-19(3)12-14(20)2/h6-7,10,14,16H,5,8-9,11-12,18H2,1-4H3. The second-order valence-electron chi connectivity index (χ2n) is 6.18. The lowest BCUT2D eigenvalue weighted by atomic mass is 10.0. The van der Waals surface area contributed by atoms with E-state index in [4.69, 9.17) is 10.5 Å². The highest BCUT2D eigenvalue weighted by Gasteiger charge is 2.27. The Morgan fingerprint density at radius 3 is 2.76 bits per heavy atom. The molecular formula is C17H29N3O. The third-order valence-electron chi connectivity index (χ3n) is 4.53. The number of rotatable bonds is 4. The fraction of sp³-hybridized carbons (Fsp3) is 0.647. The molecule has 1 fully saturated rings. The summed E-state index contributed by atoms with van der Waals surface area (Å²) in [4.78, 5) is 4.97. The zero-order valence-corrected chi connectivity index (χ0v) is 13.8. The van der Waals surface area contributed by atoms with Crippen LogP contribution in [-0.2, 0) is 0 Å². The molecule has 1 aliphatic heterocycles. The van der Waals surface area contributed by atoms with Crippen molar-refractivity contribution in [3.05, 3.63) is 29.3 Å². The zero-order chi connectivity index (χ0) is 15.4. The van der Waals surface area contributed by atoms with Crippen LogP contribution >= 0.6 is 0 Å². The maximum absolute atomic E-state index is 6.12. The molecule has 118 valence electrons. The molecule has 0 amide bonds. The molecule has 0 aromatic heterocycles. The van der Waals surface area contributed by atoms with E-state index in [-0.39, 0.29) is 6.04 Å². The van der Waals surface area contributed by atoms with Gasteiger partial charge in [0.05, 0.1) is 7.11 Å². The van der Waals surface area contributed by atoms with Gasteiger partial charge in [-0.3, -0.25) is 4.90 Å². The van der Waals surface area contributed by atoms with Gasteiger partial charge in [0.2, 0.25) is 0 Å². The molecular weight excluding hydrogens is 262 g/mol. The van der Waals surface area contributed by atoms with Crippen LogP contribution in [0.3, 0.4) is 0 Å². The molecule has 0 bridgehead atoms. The van der Waals surface area contributed by atoms with Gasteiger partial charge in [-0.15, -0.1) is 0 Å². The summed E-state index contributed by atoms with van der Waals surface area (Å²) in [5.74, 6) is 0.943. The second kappa shape index (κ2) is 7.25. The Balaban J connectivity index is 2.23. The van der Waals surface area contributed by atoms with Gasteiger partial charge in [-0.25, -0.2) is 0 Å². The quantitative estimate of drug-likeness (QED) is 0.921. The molecule has 0 spiro atoms. The molecule has 2 rings (SSSR count). The third kappa shape index (κ3) is 3.76. The molecule has 4 nitrogen and oxygen atoms in total. The number of nitrogens with two attached hydrogens (primary N) is 1. The van der Waals surface area contributed by atoms with Crippen molar-refractivity contribution in [1.29, 1.82) is 0 Å². The Hall–Kier alpha value is -1.10. The molecule has 1 aromatic carbocycles. The van der Waals surface area contributed by atoms with E-state index >= 15 is 0 Å². The number of nitrogens with zero attached hydrogens (tertiary/aromatic N) is 2. The SMILES string of the molecule is COc1ccc(C(CN)N2CCCN(C)CC2C)cc1C. The van der Waals surface area contributed by atoms with Gasteiger partial charge in [-0.2, -0.15) is 0 Å². The lowest BCUT2D eigenvalue weighted by molar-refractivity contribution is 0.146. The summed E-state index contributed by atoms with van der Waals surface area (Å²) in [6, 6.07) is 7.24. The molecule has 1 aromatic rings. The Kier molecular flexibility index (Phi) is 5.62. The van der Waals surface area contributed by atoms with Crippen LogP contribution in [0.5, 0.6) is 5.75 Å². The maximum Gasteiger partial charge on any atom is 0.121 e. The molecule has 2 N–H and O–H groups in total. The van der Waals surface area contributed by atoms with Crippen LogP contribution in [0.4, 0.5) is 0 Å². The van der Waals surface area contributed by atoms with Gasteiger partial charge in [0.15, 0.2) is 0 Å². The Bertz CT molecular complexity index is 463. The van der Waals surface area contributed by atoms with E-state index in [2.05, 4.69) is 48.9 Å². The van der Waals surface area contributed by atoms with E-state index in [9.17, 15) is 0 Å². The van der Waals surface area contributed by atoms with Crippen LogP contribution in [-0.4, -0.2) is 56.2 Å². The van der Waals surface area contributed by atoms with Gasteiger partial charge < -0.3 is 15.4 Å². The highest BCUT2D eigenvalue weighted by atomic mass is 16.5. The average molecular weight is 291 g/mol. The number of methoxy groups -OCH3 is 1. The van der Waals surface area contributed by atoms with Crippen LogP contribution in [0.15, 0.2) is 18.2 Å². The number of hydrogen-bond donors (Lipinski definition) is 1. The summed E-state index contributed by atoms with van der Waals surface area (Å²) in [7, 11) is 3.92. The normalized spacial score (nSPS) is 22.8. The van der Waals surface area contributed by atoms with Crippen molar-refractivity contribution in [2.24, 2.45) is 5.73 Å². The van der Waals surface area contributed by atoms with Gasteiger partial charge >= 0.3 is 0 Å². The van der Waals surface area contributed by atoms with Crippen LogP contribution in [0.2, 0.25) is 0 Å². The molecule has 21 heavy (non-hydrogen) atoms. The molecule has 1 saturated heterocycles. The Morgan fingerprint density at radius 2 is 2.14 bits per heavy atom. The largest absolute Gasteiger partial charge is 0.496 e. The van der Waals surface area contributed by atoms with Crippen molar-refractivity contribution in [2.45, 2.75) is 32.4 Å². The molecule has 1 heterocycles. The van der Waals surface area contributed by atoms with Gasteiger partial charge in [0, 0.05) is 31.7 Å². The first-order valence-corrected chi connectivity index (χ1v) is 7.85. The smallest absolute Gasteiger partial charge is 0.121 e. The lowest BCUT2D eigenvalue weighted by Crippen LogP contribution is -2.43. The van der Waals surface area contributed by atoms with Crippen molar-refractivity contribution >= 4 is 0 Å². The second-order valence-corrected chi connectivity index (χ2v) is 6.18. The summed E-state index contributed by atoms with van der Waals surface area (Å²) in [6.45, 7) is 8.43. The van der Waals surface area contributed by atoms with Crippen LogP contribution in [0.25, 0.3) is 0 Å². The Labute approximate surface area is 128 Å². The van der Waals surface area contributed by atoms with Crippen molar-refractivity contribution in [3.8, 4) is 5.75 Å². The average Bonchev–Trinajstić information content (AvgIpc) is 2.61. The zero-order valence-electron chi connectivity index (χ0n) is 13.8. The van der Waals surface area contributed by atoms with Gasteiger partial charge in [0.1, 0.15) is 5.75 Å². The number of ether oxygens (including phenoxy) is 1. The van der Waals surface area contributed by atoms with Crippen LogP contribution in [0.1, 0.15) is 30.5 Å². The molecule has 1 aliphatic rings. The van der Waals surface area contributed by atoms with Crippen molar-refractivity contribution < 1.29 is 4.74 Å². The molecule has 2 atom stereocenters. The number of aryl methyl sites for hydroxylation is 1. The van der Waals surface area contributed by atoms with Crippen molar-refractivity contribution in [3.63, 3.8) is 0 Å². The minimum Gasteiger partial charge on any atom is -0.496 e.